The molecule has 0 unspecified atom stereocenters. The number of nitrogens with one attached hydrogen (secondary N) is 1. The largest absolute Gasteiger partial charge is 0.411 e. The van der Waals surface area contributed by atoms with Gasteiger partial charge in [-0.15, -0.1) is 0 Å². The summed E-state index contributed by atoms with van der Waals surface area (Å²) in [6.45, 7) is -1.33. The molecule has 0 fully saturated rings. The summed E-state index contributed by atoms with van der Waals surface area (Å²) in [7, 11) is -3.35. The molecule has 0 radical (unpaired) electrons. The highest BCUT2D eigenvalue weighted by atomic mass is 32.2. The summed E-state index contributed by atoms with van der Waals surface area (Å²) in [4.78, 5) is 0.0777. The number of halogens is 3. The third-order valence-corrected chi connectivity index (χ3v) is 3.39. The molecule has 0 saturated heterocycles. The number of sulfone groups is 1. The second-order valence-corrected chi connectivity index (χ2v) is 6.13. The number of benzene rings is 1. The quantitative estimate of drug-likeness (QED) is 0.617. The highest BCUT2D eigenvalue weighted by molar-refractivity contribution is 7.90. The number of hydrogen-bond donors (Lipinski definition) is 2. The summed E-state index contributed by atoms with van der Waals surface area (Å²) in [5.74, 6) is 0. The van der Waals surface area contributed by atoms with Gasteiger partial charge in [0.2, 0.25) is 0 Å². The summed E-state index contributed by atoms with van der Waals surface area (Å²) < 4.78 is 62.4. The molecule has 1 aromatic carbocycles. The zero-order valence-electron chi connectivity index (χ0n) is 10.7. The molecule has 3 N–H and O–H groups in total. The van der Waals surface area contributed by atoms with Crippen LogP contribution in [0.1, 0.15) is 0 Å². The van der Waals surface area contributed by atoms with E-state index in [1.165, 1.54) is 18.2 Å². The third kappa shape index (κ3) is 5.66. The Balaban J connectivity index is 2.50. The molecule has 0 atom stereocenters. The Hall–Kier alpha value is -1.48. The van der Waals surface area contributed by atoms with Gasteiger partial charge in [0.1, 0.15) is 6.61 Å². The van der Waals surface area contributed by atoms with E-state index in [0.717, 1.165) is 6.26 Å². The van der Waals surface area contributed by atoms with Crippen molar-refractivity contribution < 1.29 is 26.3 Å². The molecule has 0 aromatic heterocycles. The molecule has 114 valence electrons. The molecule has 0 aliphatic carbocycles. The predicted octanol–water partition coefficient (Wildman–Crippen LogP) is 1.66. The van der Waals surface area contributed by atoms with Gasteiger partial charge in [-0.3, -0.25) is 0 Å². The molecular weight excluding hydrogens is 297 g/mol. The van der Waals surface area contributed by atoms with Crippen molar-refractivity contribution >= 4 is 21.2 Å². The van der Waals surface area contributed by atoms with Crippen molar-refractivity contribution in [3.05, 3.63) is 18.2 Å². The van der Waals surface area contributed by atoms with Crippen LogP contribution in [-0.4, -0.2) is 40.6 Å². The van der Waals surface area contributed by atoms with Gasteiger partial charge in [-0.1, -0.05) is 0 Å². The number of alkyl halides is 3. The minimum absolute atomic E-state index is 0.0777. The zero-order chi connectivity index (χ0) is 15.4. The van der Waals surface area contributed by atoms with Crippen LogP contribution in [-0.2, 0) is 14.6 Å². The number of rotatable bonds is 6. The van der Waals surface area contributed by atoms with Crippen molar-refractivity contribution in [1.82, 2.24) is 0 Å². The first kappa shape index (κ1) is 16.6. The van der Waals surface area contributed by atoms with Gasteiger partial charge in [-0.05, 0) is 18.2 Å². The lowest BCUT2D eigenvalue weighted by Crippen LogP contribution is -2.20. The first-order valence-electron chi connectivity index (χ1n) is 5.57. The Labute approximate surface area is 114 Å². The fraction of sp³-hybridized carbons (Fsp3) is 0.455. The van der Waals surface area contributed by atoms with Crippen molar-refractivity contribution in [3.8, 4) is 0 Å². The van der Waals surface area contributed by atoms with E-state index in [4.69, 9.17) is 5.73 Å². The Morgan fingerprint density at radius 3 is 2.50 bits per heavy atom. The van der Waals surface area contributed by atoms with E-state index >= 15 is 0 Å². The minimum atomic E-state index is -4.35. The molecule has 5 nitrogen and oxygen atoms in total. The topological polar surface area (TPSA) is 81.4 Å². The third-order valence-electron chi connectivity index (χ3n) is 2.28. The van der Waals surface area contributed by atoms with Crippen molar-refractivity contribution in [3.63, 3.8) is 0 Å². The average Bonchev–Trinajstić information content (AvgIpc) is 2.27. The van der Waals surface area contributed by atoms with Crippen molar-refractivity contribution in [2.75, 3.05) is 37.1 Å². The first-order chi connectivity index (χ1) is 9.09. The van der Waals surface area contributed by atoms with E-state index in [1.54, 1.807) is 0 Å². The lowest BCUT2D eigenvalue weighted by atomic mass is 10.2. The molecule has 1 aromatic rings. The maximum Gasteiger partial charge on any atom is 0.411 e. The number of anilines is 2. The van der Waals surface area contributed by atoms with Crippen LogP contribution >= 0.6 is 0 Å². The Morgan fingerprint density at radius 1 is 1.35 bits per heavy atom. The molecule has 0 aliphatic rings. The molecule has 0 heterocycles. The van der Waals surface area contributed by atoms with Gasteiger partial charge in [0.25, 0.3) is 0 Å². The van der Waals surface area contributed by atoms with Gasteiger partial charge in [0, 0.05) is 12.8 Å². The molecule has 0 aliphatic heterocycles. The lowest BCUT2D eigenvalue weighted by Gasteiger charge is -2.11. The Bertz CT molecular complexity index is 559. The minimum Gasteiger partial charge on any atom is -0.397 e. The highest BCUT2D eigenvalue weighted by Crippen LogP contribution is 2.22. The van der Waals surface area contributed by atoms with Gasteiger partial charge in [-0.25, -0.2) is 8.42 Å². The zero-order valence-corrected chi connectivity index (χ0v) is 11.5. The molecular formula is C11H15F3N2O3S. The predicted molar refractivity (Wildman–Crippen MR) is 69.3 cm³/mol. The van der Waals surface area contributed by atoms with Crippen LogP contribution < -0.4 is 11.1 Å². The summed E-state index contributed by atoms with van der Waals surface area (Å²) in [5.41, 5.74) is 6.29. The number of hydrogen-bond acceptors (Lipinski definition) is 5. The van der Waals surface area contributed by atoms with Crippen LogP contribution in [0.4, 0.5) is 24.5 Å². The van der Waals surface area contributed by atoms with Gasteiger partial charge < -0.3 is 15.8 Å². The Kier molecular flexibility index (Phi) is 5.23. The summed E-state index contributed by atoms with van der Waals surface area (Å²) in [5, 5.41) is 2.77. The van der Waals surface area contributed by atoms with Crippen molar-refractivity contribution in [2.24, 2.45) is 0 Å². The molecule has 20 heavy (non-hydrogen) atoms. The van der Waals surface area contributed by atoms with E-state index in [0.29, 0.717) is 5.69 Å². The lowest BCUT2D eigenvalue weighted by molar-refractivity contribution is -0.172. The maximum atomic E-state index is 11.8. The van der Waals surface area contributed by atoms with Gasteiger partial charge in [0.15, 0.2) is 9.84 Å². The van der Waals surface area contributed by atoms with Crippen LogP contribution in [0.5, 0.6) is 0 Å². The molecule has 0 saturated carbocycles. The van der Waals surface area contributed by atoms with E-state index in [2.05, 4.69) is 10.1 Å². The standard InChI is InChI=1S/C11H15F3N2O3S/c1-20(17,18)8-2-3-10(9(15)6-8)16-4-5-19-7-11(12,13)14/h2-3,6,16H,4-5,7,15H2,1H3. The fourth-order valence-corrected chi connectivity index (χ4v) is 2.03. The SMILES string of the molecule is CS(=O)(=O)c1ccc(NCCOCC(F)(F)F)c(N)c1. The van der Waals surface area contributed by atoms with Crippen molar-refractivity contribution in [2.45, 2.75) is 11.1 Å². The van der Waals surface area contributed by atoms with Crippen molar-refractivity contribution in [1.29, 1.82) is 0 Å². The summed E-state index contributed by atoms with van der Waals surface area (Å²) >= 11 is 0. The van der Waals surface area contributed by atoms with E-state index < -0.39 is 22.6 Å². The van der Waals surface area contributed by atoms with Crippen LogP contribution in [0.25, 0.3) is 0 Å². The molecule has 9 heteroatoms. The van der Waals surface area contributed by atoms with Crippen LogP contribution in [0.2, 0.25) is 0 Å². The first-order valence-corrected chi connectivity index (χ1v) is 7.47. The van der Waals surface area contributed by atoms with E-state index in [-0.39, 0.29) is 23.7 Å². The highest BCUT2D eigenvalue weighted by Gasteiger charge is 2.27. The molecule has 0 spiro atoms. The van der Waals surface area contributed by atoms with Crippen LogP contribution in [0.15, 0.2) is 23.1 Å². The summed E-state index contributed by atoms with van der Waals surface area (Å²) in [6.07, 6.45) is -3.30. The second-order valence-electron chi connectivity index (χ2n) is 4.12. The smallest absolute Gasteiger partial charge is 0.397 e. The number of nitrogens with two attached hydrogens (primary N) is 1. The fourth-order valence-electron chi connectivity index (χ4n) is 1.38. The van der Waals surface area contributed by atoms with E-state index in [9.17, 15) is 21.6 Å². The number of nitrogen functional groups attached to an aromatic ring is 1. The normalized spacial score (nSPS) is 12.4. The Morgan fingerprint density at radius 2 is 2.00 bits per heavy atom. The van der Waals surface area contributed by atoms with E-state index in [1.807, 2.05) is 0 Å². The summed E-state index contributed by atoms with van der Waals surface area (Å²) in [6, 6.07) is 4.11. The van der Waals surface area contributed by atoms with Gasteiger partial charge >= 0.3 is 6.18 Å². The number of ether oxygens (including phenoxy) is 1. The maximum absolute atomic E-state index is 11.8. The second kappa shape index (κ2) is 6.31. The molecule has 1 rings (SSSR count). The van der Waals surface area contributed by atoms with Gasteiger partial charge in [-0.2, -0.15) is 13.2 Å². The van der Waals surface area contributed by atoms with Gasteiger partial charge in [0.05, 0.1) is 22.9 Å². The monoisotopic (exact) mass is 312 g/mol. The average molecular weight is 312 g/mol. The van der Waals surface area contributed by atoms with Crippen LogP contribution in [0.3, 0.4) is 0 Å². The molecule has 0 amide bonds. The molecule has 0 bridgehead atoms. The van der Waals surface area contributed by atoms with Crippen LogP contribution in [0, 0.1) is 0 Å².